The first kappa shape index (κ1) is 30.9. The smallest absolute Gasteiger partial charge is 0.325 e. The molecule has 202 valence electrons. The second-order valence-corrected chi connectivity index (χ2v) is 12.0. The third-order valence-corrected chi connectivity index (χ3v) is 8.75. The van der Waals surface area contributed by atoms with Gasteiger partial charge >= 0.3 is 6.03 Å². The molecular formula is C26H46N2O6S. The van der Waals surface area contributed by atoms with Gasteiger partial charge in [-0.15, -0.1) is 0 Å². The average molecular weight is 515 g/mol. The van der Waals surface area contributed by atoms with Crippen LogP contribution in [0.5, 0.6) is 17.2 Å². The van der Waals surface area contributed by atoms with Gasteiger partial charge in [-0.1, -0.05) is 64.4 Å². The van der Waals surface area contributed by atoms with E-state index >= 15 is 0 Å². The number of hydrogen-bond acceptors (Lipinski definition) is 6. The Hall–Kier alpha value is -2.16. The van der Waals surface area contributed by atoms with Crippen LogP contribution in [0.15, 0.2) is 12.1 Å². The lowest BCUT2D eigenvalue weighted by Crippen LogP contribution is -2.46. The first-order valence-corrected chi connectivity index (χ1v) is 14.1. The van der Waals surface area contributed by atoms with E-state index < -0.39 is 20.8 Å². The van der Waals surface area contributed by atoms with Crippen molar-refractivity contribution in [3.8, 4) is 17.2 Å². The van der Waals surface area contributed by atoms with E-state index in [0.29, 0.717) is 30.1 Å². The van der Waals surface area contributed by atoms with Gasteiger partial charge in [-0.05, 0) is 45.1 Å². The molecule has 0 radical (unpaired) electrons. The van der Waals surface area contributed by atoms with E-state index in [2.05, 4.69) is 6.92 Å². The maximum Gasteiger partial charge on any atom is 0.325 e. The van der Waals surface area contributed by atoms with Gasteiger partial charge < -0.3 is 19.9 Å². The standard InChI is InChI=1S/C26H46N2O6S/c1-7-8-9-10-11-12-13-15-20(16-14-19-26(2,3)35(30,31)28-25(27)29)21-17-18-22(32-4)24(34-6)23(21)33-5/h17-18,20H,7-16,19H2,1-6H3,(H3,27,28,29). The van der Waals surface area contributed by atoms with Crippen LogP contribution < -0.4 is 24.7 Å². The Morgan fingerprint density at radius 3 is 2.03 bits per heavy atom. The largest absolute Gasteiger partial charge is 0.493 e. The minimum atomic E-state index is -3.87. The molecule has 0 bridgehead atoms. The maximum absolute atomic E-state index is 12.5. The van der Waals surface area contributed by atoms with Gasteiger partial charge in [0.15, 0.2) is 11.5 Å². The second kappa shape index (κ2) is 15.1. The van der Waals surface area contributed by atoms with Crippen LogP contribution in [-0.2, 0) is 10.0 Å². The number of primary amides is 1. The minimum absolute atomic E-state index is 0.169. The lowest BCUT2D eigenvalue weighted by molar-refractivity contribution is 0.253. The van der Waals surface area contributed by atoms with E-state index in [0.717, 1.165) is 31.2 Å². The molecule has 0 aliphatic heterocycles. The van der Waals surface area contributed by atoms with Crippen molar-refractivity contribution in [2.45, 2.75) is 102 Å². The Morgan fingerprint density at radius 2 is 1.49 bits per heavy atom. The highest BCUT2D eigenvalue weighted by molar-refractivity contribution is 7.91. The highest BCUT2D eigenvalue weighted by Gasteiger charge is 2.35. The molecule has 0 saturated carbocycles. The second-order valence-electron chi connectivity index (χ2n) is 9.65. The molecule has 9 heteroatoms. The number of unbranched alkanes of at least 4 members (excludes halogenated alkanes) is 6. The summed E-state index contributed by atoms with van der Waals surface area (Å²) < 4.78 is 42.6. The molecule has 0 aliphatic rings. The van der Waals surface area contributed by atoms with Crippen molar-refractivity contribution in [1.82, 2.24) is 4.72 Å². The third kappa shape index (κ3) is 9.43. The number of carbonyl (C=O) groups excluding carboxylic acids is 1. The zero-order chi connectivity index (χ0) is 26.5. The zero-order valence-corrected chi connectivity index (χ0v) is 23.3. The van der Waals surface area contributed by atoms with Crippen molar-refractivity contribution in [1.29, 1.82) is 0 Å². The first-order valence-electron chi connectivity index (χ1n) is 12.6. The highest BCUT2D eigenvalue weighted by atomic mass is 32.2. The summed E-state index contributed by atoms with van der Waals surface area (Å²) in [6, 6.07) is 2.84. The van der Waals surface area contributed by atoms with E-state index in [4.69, 9.17) is 19.9 Å². The fraction of sp³-hybridized carbons (Fsp3) is 0.731. The molecule has 0 spiro atoms. The Bertz CT molecular complexity index is 886. The molecule has 0 aliphatic carbocycles. The van der Waals surface area contributed by atoms with Gasteiger partial charge in [0, 0.05) is 5.56 Å². The predicted octanol–water partition coefficient (Wildman–Crippen LogP) is 5.88. The lowest BCUT2D eigenvalue weighted by Gasteiger charge is -2.26. The van der Waals surface area contributed by atoms with Gasteiger partial charge in [-0.3, -0.25) is 0 Å². The number of urea groups is 1. The summed E-state index contributed by atoms with van der Waals surface area (Å²) in [7, 11) is 0.935. The quantitative estimate of drug-likeness (QED) is 0.236. The van der Waals surface area contributed by atoms with Crippen molar-refractivity contribution in [3.63, 3.8) is 0 Å². The number of rotatable bonds is 18. The Balaban J connectivity index is 3.02. The molecular weight excluding hydrogens is 468 g/mol. The summed E-state index contributed by atoms with van der Waals surface area (Å²) >= 11 is 0. The molecule has 0 aromatic heterocycles. The molecule has 1 atom stereocenters. The van der Waals surface area contributed by atoms with Crippen LogP contribution in [0.1, 0.15) is 103 Å². The Morgan fingerprint density at radius 1 is 0.914 bits per heavy atom. The molecule has 1 aromatic carbocycles. The van der Waals surface area contributed by atoms with Crippen LogP contribution in [0, 0.1) is 0 Å². The van der Waals surface area contributed by atoms with Crippen LogP contribution in [0.3, 0.4) is 0 Å². The summed E-state index contributed by atoms with van der Waals surface area (Å²) in [6.07, 6.45) is 11.3. The van der Waals surface area contributed by atoms with E-state index in [1.54, 1.807) is 35.2 Å². The summed E-state index contributed by atoms with van der Waals surface area (Å²) in [6.45, 7) is 5.44. The molecule has 2 amide bonds. The summed E-state index contributed by atoms with van der Waals surface area (Å²) in [5.41, 5.74) is 6.09. The topological polar surface area (TPSA) is 117 Å². The van der Waals surface area contributed by atoms with Gasteiger partial charge in [-0.2, -0.15) is 0 Å². The van der Waals surface area contributed by atoms with E-state index in [9.17, 15) is 13.2 Å². The number of hydrogen-bond donors (Lipinski definition) is 2. The van der Waals surface area contributed by atoms with E-state index in [1.807, 2.05) is 16.9 Å². The maximum atomic E-state index is 12.5. The Labute approximate surface area is 212 Å². The van der Waals surface area contributed by atoms with Crippen molar-refractivity contribution in [2.75, 3.05) is 21.3 Å². The summed E-state index contributed by atoms with van der Waals surface area (Å²) in [5, 5.41) is 0. The van der Waals surface area contributed by atoms with E-state index in [1.165, 1.54) is 32.1 Å². The zero-order valence-electron chi connectivity index (χ0n) is 22.4. The third-order valence-electron chi connectivity index (χ3n) is 6.62. The molecule has 1 aromatic rings. The van der Waals surface area contributed by atoms with Crippen LogP contribution in [0.4, 0.5) is 4.79 Å². The highest BCUT2D eigenvalue weighted by Crippen LogP contribution is 2.45. The summed E-state index contributed by atoms with van der Waals surface area (Å²) in [5.74, 6) is 1.99. The molecule has 0 heterocycles. The molecule has 8 nitrogen and oxygen atoms in total. The lowest BCUT2D eigenvalue weighted by atomic mass is 9.86. The van der Waals surface area contributed by atoms with Gasteiger partial charge in [0.1, 0.15) is 0 Å². The number of benzene rings is 1. The van der Waals surface area contributed by atoms with Crippen molar-refractivity contribution in [3.05, 3.63) is 17.7 Å². The predicted molar refractivity (Wildman–Crippen MR) is 141 cm³/mol. The normalized spacial score (nSPS) is 12.7. The summed E-state index contributed by atoms with van der Waals surface area (Å²) in [4.78, 5) is 11.1. The number of carbonyl (C=O) groups is 1. The number of amides is 2. The molecule has 0 saturated heterocycles. The molecule has 1 unspecified atom stereocenters. The molecule has 3 N–H and O–H groups in total. The fourth-order valence-corrected chi connectivity index (χ4v) is 5.38. The van der Waals surface area contributed by atoms with Crippen LogP contribution >= 0.6 is 0 Å². The average Bonchev–Trinajstić information content (AvgIpc) is 2.80. The molecule has 1 rings (SSSR count). The van der Waals surface area contributed by atoms with Crippen LogP contribution in [0.25, 0.3) is 0 Å². The number of nitrogens with two attached hydrogens (primary N) is 1. The number of sulfonamides is 1. The first-order chi connectivity index (χ1) is 16.5. The van der Waals surface area contributed by atoms with Crippen LogP contribution in [0.2, 0.25) is 0 Å². The SMILES string of the molecule is CCCCCCCCCC(CCCC(C)(C)S(=O)(=O)NC(N)=O)c1ccc(OC)c(OC)c1OC. The van der Waals surface area contributed by atoms with Crippen molar-refractivity contribution in [2.24, 2.45) is 5.73 Å². The van der Waals surface area contributed by atoms with E-state index in [-0.39, 0.29) is 5.92 Å². The van der Waals surface area contributed by atoms with Gasteiger partial charge in [0.25, 0.3) is 0 Å². The number of ether oxygens (including phenoxy) is 3. The van der Waals surface area contributed by atoms with Gasteiger partial charge in [-0.25, -0.2) is 17.9 Å². The fourth-order valence-electron chi connectivity index (χ4n) is 4.43. The van der Waals surface area contributed by atoms with Crippen LogP contribution in [-0.4, -0.2) is 40.5 Å². The monoisotopic (exact) mass is 514 g/mol. The Kier molecular flexibility index (Phi) is 13.3. The van der Waals surface area contributed by atoms with Gasteiger partial charge in [0.2, 0.25) is 15.8 Å². The molecule has 0 fully saturated rings. The van der Waals surface area contributed by atoms with Crippen molar-refractivity contribution >= 4 is 16.1 Å². The number of nitrogens with one attached hydrogen (secondary N) is 1. The van der Waals surface area contributed by atoms with Crippen molar-refractivity contribution < 1.29 is 27.4 Å². The minimum Gasteiger partial charge on any atom is -0.493 e. The number of methoxy groups -OCH3 is 3. The van der Waals surface area contributed by atoms with Gasteiger partial charge in [0.05, 0.1) is 26.1 Å². The molecule has 35 heavy (non-hydrogen) atoms.